The van der Waals surface area contributed by atoms with Crippen molar-refractivity contribution in [3.63, 3.8) is 0 Å². The van der Waals surface area contributed by atoms with E-state index < -0.39 is 5.54 Å². The number of hydrogen-bond donors (Lipinski definition) is 2. The fourth-order valence-electron chi connectivity index (χ4n) is 2.94. The highest BCUT2D eigenvalue weighted by atomic mass is 35.5. The SMILES string of the molecule is CNC(=O)CC1CCN(C(=O)C(C)(N)c2ccccc2)CC1.Cl. The van der Waals surface area contributed by atoms with E-state index in [-0.39, 0.29) is 24.2 Å². The highest BCUT2D eigenvalue weighted by molar-refractivity contribution is 5.87. The average molecular weight is 340 g/mol. The van der Waals surface area contributed by atoms with Gasteiger partial charge in [0.1, 0.15) is 5.54 Å². The van der Waals surface area contributed by atoms with Crippen molar-refractivity contribution in [2.24, 2.45) is 11.7 Å². The van der Waals surface area contributed by atoms with Crippen LogP contribution >= 0.6 is 12.4 Å². The van der Waals surface area contributed by atoms with Crippen molar-refractivity contribution < 1.29 is 9.59 Å². The van der Waals surface area contributed by atoms with E-state index in [1.165, 1.54) is 0 Å². The summed E-state index contributed by atoms with van der Waals surface area (Å²) in [5, 5.41) is 2.65. The molecule has 1 aromatic carbocycles. The molecule has 1 aliphatic heterocycles. The van der Waals surface area contributed by atoms with Crippen LogP contribution in [0.3, 0.4) is 0 Å². The van der Waals surface area contributed by atoms with Gasteiger partial charge >= 0.3 is 0 Å². The zero-order valence-electron chi connectivity index (χ0n) is 13.7. The van der Waals surface area contributed by atoms with Crippen LogP contribution in [0.1, 0.15) is 31.7 Å². The van der Waals surface area contributed by atoms with Crippen molar-refractivity contribution in [3.05, 3.63) is 35.9 Å². The number of piperidine rings is 1. The Kier molecular flexibility index (Phi) is 7.03. The van der Waals surface area contributed by atoms with Crippen LogP contribution in [0.2, 0.25) is 0 Å². The van der Waals surface area contributed by atoms with Crippen LogP contribution in [-0.4, -0.2) is 36.9 Å². The Morgan fingerprint density at radius 3 is 2.35 bits per heavy atom. The number of halogens is 1. The third kappa shape index (κ3) is 4.69. The molecule has 0 aromatic heterocycles. The topological polar surface area (TPSA) is 75.4 Å². The molecule has 1 saturated heterocycles. The second kappa shape index (κ2) is 8.31. The number of amides is 2. The maximum atomic E-state index is 12.7. The molecule has 1 fully saturated rings. The molecule has 2 rings (SSSR count). The Labute approximate surface area is 144 Å². The summed E-state index contributed by atoms with van der Waals surface area (Å²) in [7, 11) is 1.65. The van der Waals surface area contributed by atoms with Crippen LogP contribution in [0.25, 0.3) is 0 Å². The number of rotatable bonds is 4. The standard InChI is InChI=1S/C17H25N3O2.ClH/c1-17(18,14-6-4-3-5-7-14)16(22)20-10-8-13(9-11-20)12-15(21)19-2;/h3-7,13H,8-12,18H2,1-2H3,(H,19,21);1H. The van der Waals surface area contributed by atoms with Crippen molar-refractivity contribution in [1.82, 2.24) is 10.2 Å². The summed E-state index contributed by atoms with van der Waals surface area (Å²) in [6, 6.07) is 9.47. The predicted molar refractivity (Wildman–Crippen MR) is 93.2 cm³/mol. The van der Waals surface area contributed by atoms with Crippen molar-refractivity contribution >= 4 is 24.2 Å². The van der Waals surface area contributed by atoms with Crippen LogP contribution < -0.4 is 11.1 Å². The molecule has 2 amide bonds. The minimum atomic E-state index is -1.01. The number of carbonyl (C=O) groups excluding carboxylic acids is 2. The van der Waals surface area contributed by atoms with E-state index >= 15 is 0 Å². The van der Waals surface area contributed by atoms with Gasteiger partial charge in [0, 0.05) is 26.6 Å². The molecule has 1 aliphatic rings. The number of likely N-dealkylation sites (tertiary alicyclic amines) is 1. The maximum absolute atomic E-state index is 12.7. The van der Waals surface area contributed by atoms with Gasteiger partial charge in [0.25, 0.3) is 0 Å². The first-order valence-electron chi connectivity index (χ1n) is 7.79. The minimum Gasteiger partial charge on any atom is -0.359 e. The van der Waals surface area contributed by atoms with Crippen LogP contribution in [0.5, 0.6) is 0 Å². The van der Waals surface area contributed by atoms with E-state index in [0.29, 0.717) is 25.4 Å². The van der Waals surface area contributed by atoms with Crippen molar-refractivity contribution in [1.29, 1.82) is 0 Å². The van der Waals surface area contributed by atoms with Crippen LogP contribution in [0, 0.1) is 5.92 Å². The van der Waals surface area contributed by atoms with Crippen LogP contribution in [0.15, 0.2) is 30.3 Å². The van der Waals surface area contributed by atoms with Crippen LogP contribution in [0.4, 0.5) is 0 Å². The van der Waals surface area contributed by atoms with Gasteiger partial charge in [-0.2, -0.15) is 0 Å². The Morgan fingerprint density at radius 2 is 1.83 bits per heavy atom. The lowest BCUT2D eigenvalue weighted by Crippen LogP contribution is -2.53. The monoisotopic (exact) mass is 339 g/mol. The Bertz CT molecular complexity index is 526. The first-order chi connectivity index (χ1) is 10.4. The molecule has 23 heavy (non-hydrogen) atoms. The molecule has 0 aliphatic carbocycles. The highest BCUT2D eigenvalue weighted by Crippen LogP contribution is 2.25. The Hall–Kier alpha value is -1.59. The smallest absolute Gasteiger partial charge is 0.246 e. The quantitative estimate of drug-likeness (QED) is 0.876. The summed E-state index contributed by atoms with van der Waals surface area (Å²) in [4.78, 5) is 26.0. The number of nitrogens with one attached hydrogen (secondary N) is 1. The highest BCUT2D eigenvalue weighted by Gasteiger charge is 2.36. The summed E-state index contributed by atoms with van der Waals surface area (Å²) in [6.07, 6.45) is 2.24. The molecule has 1 heterocycles. The summed E-state index contributed by atoms with van der Waals surface area (Å²) in [5.41, 5.74) is 6.12. The molecule has 0 bridgehead atoms. The summed E-state index contributed by atoms with van der Waals surface area (Å²) >= 11 is 0. The molecule has 128 valence electrons. The summed E-state index contributed by atoms with van der Waals surface area (Å²) < 4.78 is 0. The average Bonchev–Trinajstić information content (AvgIpc) is 2.55. The molecule has 6 heteroatoms. The minimum absolute atomic E-state index is 0. The summed E-state index contributed by atoms with van der Waals surface area (Å²) in [6.45, 7) is 3.10. The summed E-state index contributed by atoms with van der Waals surface area (Å²) in [5.74, 6) is 0.375. The van der Waals surface area contributed by atoms with Gasteiger partial charge in [-0.3, -0.25) is 9.59 Å². The lowest BCUT2D eigenvalue weighted by atomic mass is 9.88. The van der Waals surface area contributed by atoms with E-state index in [1.54, 1.807) is 14.0 Å². The fourth-order valence-corrected chi connectivity index (χ4v) is 2.94. The number of nitrogens with two attached hydrogens (primary N) is 1. The van der Waals surface area contributed by atoms with Crippen molar-refractivity contribution in [3.8, 4) is 0 Å². The molecule has 0 radical (unpaired) electrons. The van der Waals surface area contributed by atoms with Crippen molar-refractivity contribution in [2.75, 3.05) is 20.1 Å². The van der Waals surface area contributed by atoms with Gasteiger partial charge in [0.05, 0.1) is 0 Å². The van der Waals surface area contributed by atoms with E-state index in [9.17, 15) is 9.59 Å². The van der Waals surface area contributed by atoms with E-state index in [1.807, 2.05) is 35.2 Å². The Balaban J connectivity index is 0.00000264. The molecule has 0 spiro atoms. The zero-order valence-corrected chi connectivity index (χ0v) is 14.6. The number of hydrogen-bond acceptors (Lipinski definition) is 3. The molecule has 1 unspecified atom stereocenters. The maximum Gasteiger partial charge on any atom is 0.246 e. The van der Waals surface area contributed by atoms with Crippen molar-refractivity contribution in [2.45, 2.75) is 31.7 Å². The van der Waals surface area contributed by atoms with Gasteiger partial charge in [0.2, 0.25) is 11.8 Å². The van der Waals surface area contributed by atoms with E-state index in [0.717, 1.165) is 18.4 Å². The fraction of sp³-hybridized carbons (Fsp3) is 0.529. The third-order valence-electron chi connectivity index (χ3n) is 4.47. The second-order valence-electron chi connectivity index (χ2n) is 6.18. The lowest BCUT2D eigenvalue weighted by molar-refractivity contribution is -0.138. The number of carbonyl (C=O) groups is 2. The van der Waals surface area contributed by atoms with Crippen LogP contribution in [-0.2, 0) is 15.1 Å². The molecule has 1 atom stereocenters. The molecular weight excluding hydrogens is 314 g/mol. The molecular formula is C17H26ClN3O2. The third-order valence-corrected chi connectivity index (χ3v) is 4.47. The molecule has 0 saturated carbocycles. The van der Waals surface area contributed by atoms with Gasteiger partial charge in [-0.1, -0.05) is 30.3 Å². The van der Waals surface area contributed by atoms with Gasteiger partial charge in [-0.15, -0.1) is 12.4 Å². The number of benzene rings is 1. The molecule has 1 aromatic rings. The normalized spacial score (nSPS) is 17.8. The van der Waals surface area contributed by atoms with E-state index in [2.05, 4.69) is 5.32 Å². The predicted octanol–water partition coefficient (Wildman–Crippen LogP) is 1.66. The van der Waals surface area contributed by atoms with E-state index in [4.69, 9.17) is 5.73 Å². The second-order valence-corrected chi connectivity index (χ2v) is 6.18. The molecule has 3 N–H and O–H groups in total. The largest absolute Gasteiger partial charge is 0.359 e. The van der Waals surface area contributed by atoms with Gasteiger partial charge < -0.3 is 16.0 Å². The van der Waals surface area contributed by atoms with Gasteiger partial charge in [-0.25, -0.2) is 0 Å². The van der Waals surface area contributed by atoms with Gasteiger partial charge in [-0.05, 0) is 31.2 Å². The first-order valence-corrected chi connectivity index (χ1v) is 7.79. The van der Waals surface area contributed by atoms with Gasteiger partial charge in [0.15, 0.2) is 0 Å². The Morgan fingerprint density at radius 1 is 1.26 bits per heavy atom. The molecule has 5 nitrogen and oxygen atoms in total. The number of nitrogens with zero attached hydrogens (tertiary/aromatic N) is 1. The zero-order chi connectivity index (χ0) is 16.2. The lowest BCUT2D eigenvalue weighted by Gasteiger charge is -2.37. The first kappa shape index (κ1) is 19.5.